The molecule has 4 aromatic heterocycles. The largest absolute Gasteiger partial charge is 0.461 e. The zero-order valence-electron chi connectivity index (χ0n) is 44.6. The molecule has 0 N–H and O–H groups in total. The Kier molecular flexibility index (Phi) is 10.4. The lowest BCUT2D eigenvalue weighted by Crippen LogP contribution is -2.08. The van der Waals surface area contributed by atoms with Crippen LogP contribution in [0.4, 0.5) is 0 Å². The lowest BCUT2D eigenvalue weighted by Gasteiger charge is -2.21. The molecule has 1 aliphatic heterocycles. The summed E-state index contributed by atoms with van der Waals surface area (Å²) in [6, 6.07) is 85.5. The maximum absolute atomic E-state index is 6.50. The van der Waals surface area contributed by atoms with E-state index in [0.717, 1.165) is 109 Å². The molecular formula is C75H50N6O. The summed E-state index contributed by atoms with van der Waals surface area (Å²) in [5.41, 5.74) is 19.9. The van der Waals surface area contributed by atoms with E-state index in [9.17, 15) is 0 Å². The number of benzene rings is 10. The average molecular weight is 1050 g/mol. The SMILES string of the molecule is C1=Cc2c(n(-c3ccc4c(c3)c3cc(-n5c6ccccc6c6ccccc65)ccc3n4-c3c(-c4ccccc4)cc(-c4nc(C5=CCC6C(=C5)Oc5ccccc56)nc(-c5ccccc5)n4)cc3-c3ccccc3)c3ccccc23)CC1. The van der Waals surface area contributed by atoms with Crippen LogP contribution < -0.4 is 4.74 Å². The van der Waals surface area contributed by atoms with Gasteiger partial charge in [0.1, 0.15) is 11.5 Å². The van der Waals surface area contributed by atoms with Gasteiger partial charge < -0.3 is 18.4 Å². The van der Waals surface area contributed by atoms with Gasteiger partial charge in [-0.25, -0.2) is 15.0 Å². The minimum atomic E-state index is 0.161. The number of fused-ring (bicyclic) bond motifs is 12. The summed E-state index contributed by atoms with van der Waals surface area (Å²) in [6.07, 6.45) is 11.8. The van der Waals surface area contributed by atoms with Gasteiger partial charge in [0.25, 0.3) is 0 Å². The number of nitrogens with zero attached hydrogens (tertiary/aromatic N) is 6. The van der Waals surface area contributed by atoms with E-state index in [0.29, 0.717) is 17.5 Å². The molecule has 82 heavy (non-hydrogen) atoms. The fourth-order valence-corrected chi connectivity index (χ4v) is 13.4. The third-order valence-corrected chi connectivity index (χ3v) is 17.1. The Morgan fingerprint density at radius 2 is 0.927 bits per heavy atom. The molecule has 17 rings (SSSR count). The zero-order valence-corrected chi connectivity index (χ0v) is 44.6. The molecule has 0 amide bonds. The topological polar surface area (TPSA) is 62.7 Å². The van der Waals surface area contributed by atoms with Crippen LogP contribution in [-0.4, -0.2) is 28.7 Å². The Bertz CT molecular complexity index is 4930. The Balaban J connectivity index is 0.938. The van der Waals surface area contributed by atoms with Gasteiger partial charge >= 0.3 is 0 Å². The minimum absolute atomic E-state index is 0.161. The second-order valence-electron chi connectivity index (χ2n) is 21.7. The van der Waals surface area contributed by atoms with E-state index in [1.165, 1.54) is 49.5 Å². The number of allylic oxidation sites excluding steroid dienone is 5. The molecule has 3 aliphatic rings. The van der Waals surface area contributed by atoms with Crippen LogP contribution in [0.3, 0.4) is 0 Å². The van der Waals surface area contributed by atoms with Crippen LogP contribution in [0.2, 0.25) is 0 Å². The highest BCUT2D eigenvalue weighted by Crippen LogP contribution is 2.48. The maximum Gasteiger partial charge on any atom is 0.164 e. The van der Waals surface area contributed by atoms with Crippen molar-refractivity contribution in [1.29, 1.82) is 0 Å². The Morgan fingerprint density at radius 3 is 1.57 bits per heavy atom. The lowest BCUT2D eigenvalue weighted by molar-refractivity contribution is 0.426. The van der Waals surface area contributed by atoms with Crippen LogP contribution in [-0.2, 0) is 6.42 Å². The summed E-state index contributed by atoms with van der Waals surface area (Å²) in [5.74, 6) is 3.78. The van der Waals surface area contributed by atoms with Gasteiger partial charge in [0.15, 0.2) is 17.5 Å². The number of hydrogen-bond donors (Lipinski definition) is 0. The molecule has 386 valence electrons. The van der Waals surface area contributed by atoms with Gasteiger partial charge in [0.05, 0.1) is 33.3 Å². The van der Waals surface area contributed by atoms with Gasteiger partial charge in [-0.3, -0.25) is 0 Å². The summed E-state index contributed by atoms with van der Waals surface area (Å²) in [6.45, 7) is 0. The number of hydrogen-bond acceptors (Lipinski definition) is 4. The van der Waals surface area contributed by atoms with Gasteiger partial charge in [-0.15, -0.1) is 0 Å². The van der Waals surface area contributed by atoms with E-state index in [1.54, 1.807) is 0 Å². The van der Waals surface area contributed by atoms with Crippen molar-refractivity contribution in [2.24, 2.45) is 0 Å². The van der Waals surface area contributed by atoms with Crippen LogP contribution in [0.1, 0.15) is 41.4 Å². The minimum Gasteiger partial charge on any atom is -0.461 e. The number of ether oxygens (including phenoxy) is 1. The van der Waals surface area contributed by atoms with Gasteiger partial charge in [0.2, 0.25) is 0 Å². The average Bonchev–Trinajstić information content (AvgIpc) is 2.98. The summed E-state index contributed by atoms with van der Waals surface area (Å²) in [7, 11) is 0. The summed E-state index contributed by atoms with van der Waals surface area (Å²) < 4.78 is 14.0. The maximum atomic E-state index is 6.50. The molecule has 0 spiro atoms. The van der Waals surface area contributed by atoms with Crippen LogP contribution >= 0.6 is 0 Å². The molecule has 7 heteroatoms. The highest BCUT2D eigenvalue weighted by Gasteiger charge is 2.32. The van der Waals surface area contributed by atoms with Crippen molar-refractivity contribution in [1.82, 2.24) is 28.7 Å². The fraction of sp³-hybridized carbons (Fsp3) is 0.0533. The smallest absolute Gasteiger partial charge is 0.164 e. The molecule has 10 aromatic carbocycles. The fourth-order valence-electron chi connectivity index (χ4n) is 13.4. The Labute approximate surface area is 473 Å². The van der Waals surface area contributed by atoms with E-state index < -0.39 is 0 Å². The van der Waals surface area contributed by atoms with Crippen LogP contribution in [0.15, 0.2) is 261 Å². The first-order chi connectivity index (χ1) is 40.7. The summed E-state index contributed by atoms with van der Waals surface area (Å²) in [4.78, 5) is 16.0. The normalized spacial score (nSPS) is 14.5. The highest BCUT2D eigenvalue weighted by molar-refractivity contribution is 6.14. The van der Waals surface area contributed by atoms with Gasteiger partial charge in [-0.1, -0.05) is 182 Å². The third kappa shape index (κ3) is 7.26. The standard InChI is InChI=1S/C75H50N6O/c1-4-20-47(21-5-1)60-42-51(75-77-73(49-24-8-3-9-25-49)76-74(78-75)50-36-39-59-58-30-14-19-35-70(58)82-71(59)44-50)43-61(48-22-6-2-7-23-48)72(60)81-68-40-37-52(79-64-31-15-10-26-54(64)55-27-11-16-32-65(55)79)45-62(68)63-46-53(38-41-69(63)81)80-66-33-17-12-28-56(66)57-29-13-18-34-67(57)80/h1-17,19-33,35-38,40-46,59H,18,34,39H2. The van der Waals surface area contributed by atoms with Crippen molar-refractivity contribution < 1.29 is 4.74 Å². The van der Waals surface area contributed by atoms with E-state index in [1.807, 2.05) is 24.3 Å². The first kappa shape index (κ1) is 46.3. The van der Waals surface area contributed by atoms with E-state index in [2.05, 4.69) is 250 Å². The van der Waals surface area contributed by atoms with E-state index >= 15 is 0 Å². The molecule has 0 saturated carbocycles. The molecule has 5 heterocycles. The second-order valence-corrected chi connectivity index (χ2v) is 21.7. The predicted octanol–water partition coefficient (Wildman–Crippen LogP) is 18.5. The first-order valence-corrected chi connectivity index (χ1v) is 28.3. The first-order valence-electron chi connectivity index (χ1n) is 28.3. The molecule has 0 bridgehead atoms. The van der Waals surface area contributed by atoms with E-state index in [-0.39, 0.29) is 5.92 Å². The third-order valence-electron chi connectivity index (χ3n) is 17.1. The van der Waals surface area contributed by atoms with Crippen molar-refractivity contribution in [3.8, 4) is 67.8 Å². The van der Waals surface area contributed by atoms with Crippen molar-refractivity contribution in [2.75, 3.05) is 0 Å². The molecule has 14 aromatic rings. The quantitative estimate of drug-likeness (QED) is 0.152. The molecule has 0 radical (unpaired) electrons. The van der Waals surface area contributed by atoms with Crippen LogP contribution in [0.5, 0.6) is 5.75 Å². The highest BCUT2D eigenvalue weighted by atomic mass is 16.5. The molecule has 0 fully saturated rings. The zero-order chi connectivity index (χ0) is 53.8. The molecule has 2 aliphatic carbocycles. The number of rotatable bonds is 8. The van der Waals surface area contributed by atoms with Gasteiger partial charge in [-0.05, 0) is 109 Å². The molecule has 7 nitrogen and oxygen atoms in total. The number of para-hydroxylation sites is 4. The lowest BCUT2D eigenvalue weighted by atomic mass is 9.89. The number of aromatic nitrogens is 6. The summed E-state index contributed by atoms with van der Waals surface area (Å²) in [5, 5.41) is 6.07. The van der Waals surface area contributed by atoms with Gasteiger partial charge in [0, 0.05) is 88.9 Å². The van der Waals surface area contributed by atoms with E-state index in [4.69, 9.17) is 19.7 Å². The van der Waals surface area contributed by atoms with Crippen molar-refractivity contribution in [2.45, 2.75) is 25.2 Å². The Morgan fingerprint density at radius 1 is 0.415 bits per heavy atom. The summed E-state index contributed by atoms with van der Waals surface area (Å²) >= 11 is 0. The van der Waals surface area contributed by atoms with Gasteiger partial charge in [-0.2, -0.15) is 0 Å². The molecule has 1 atom stereocenters. The second kappa shape index (κ2) is 18.5. The Hall–Kier alpha value is -10.6. The van der Waals surface area contributed by atoms with Crippen molar-refractivity contribution in [3.63, 3.8) is 0 Å². The monoisotopic (exact) mass is 1050 g/mol. The molecule has 0 saturated heterocycles. The predicted molar refractivity (Wildman–Crippen MR) is 335 cm³/mol. The molecule has 1 unspecified atom stereocenters. The van der Waals surface area contributed by atoms with Crippen molar-refractivity contribution in [3.05, 3.63) is 283 Å². The van der Waals surface area contributed by atoms with Crippen LogP contribution in [0, 0.1) is 0 Å². The molecular weight excluding hydrogens is 1000 g/mol. The van der Waals surface area contributed by atoms with Crippen LogP contribution in [0.25, 0.3) is 128 Å². The van der Waals surface area contributed by atoms with Crippen molar-refractivity contribution >= 4 is 66.2 Å².